The fraction of sp³-hybridized carbons (Fsp3) is 1.00. The van der Waals surface area contributed by atoms with Crippen LogP contribution in [-0.4, -0.2) is 42.3 Å². The second-order valence-corrected chi connectivity index (χ2v) is 6.16. The minimum absolute atomic E-state index is 0.0502. The van der Waals surface area contributed by atoms with Crippen LogP contribution < -0.4 is 5.32 Å². The molecular formula is C14H29F3N2. The van der Waals surface area contributed by atoms with Crippen molar-refractivity contribution < 1.29 is 13.2 Å². The summed E-state index contributed by atoms with van der Waals surface area (Å²) in [5, 5.41) is 3.32. The van der Waals surface area contributed by atoms with Crippen LogP contribution in [0, 0.1) is 0 Å². The Hall–Kier alpha value is -0.290. The molecule has 0 aliphatic carbocycles. The Labute approximate surface area is 115 Å². The average molecular weight is 282 g/mol. The minimum atomic E-state index is -4.12. The van der Waals surface area contributed by atoms with Gasteiger partial charge in [-0.3, -0.25) is 4.90 Å². The number of nitrogens with one attached hydrogen (secondary N) is 1. The third-order valence-corrected chi connectivity index (χ3v) is 2.90. The number of hydrogen-bond donors (Lipinski definition) is 1. The molecule has 0 aliphatic heterocycles. The summed E-state index contributed by atoms with van der Waals surface area (Å²) >= 11 is 0. The summed E-state index contributed by atoms with van der Waals surface area (Å²) < 4.78 is 37.9. The molecule has 2 nitrogen and oxygen atoms in total. The van der Waals surface area contributed by atoms with Crippen LogP contribution in [0.25, 0.3) is 0 Å². The van der Waals surface area contributed by atoms with E-state index in [-0.39, 0.29) is 11.6 Å². The summed E-state index contributed by atoms with van der Waals surface area (Å²) in [4.78, 5) is 1.57. The topological polar surface area (TPSA) is 15.3 Å². The van der Waals surface area contributed by atoms with E-state index in [0.717, 1.165) is 19.3 Å². The van der Waals surface area contributed by atoms with E-state index in [2.05, 4.69) is 5.32 Å². The van der Waals surface area contributed by atoms with E-state index in [0.29, 0.717) is 13.1 Å². The van der Waals surface area contributed by atoms with E-state index >= 15 is 0 Å². The fourth-order valence-corrected chi connectivity index (χ4v) is 2.08. The minimum Gasteiger partial charge on any atom is -0.311 e. The summed E-state index contributed by atoms with van der Waals surface area (Å²) in [6, 6.07) is -0.0502. The first-order valence-corrected chi connectivity index (χ1v) is 7.15. The van der Waals surface area contributed by atoms with E-state index in [1.165, 1.54) is 0 Å². The van der Waals surface area contributed by atoms with Gasteiger partial charge in [0, 0.05) is 18.1 Å². The van der Waals surface area contributed by atoms with Crippen molar-refractivity contribution in [3.05, 3.63) is 0 Å². The first-order chi connectivity index (χ1) is 8.59. The van der Waals surface area contributed by atoms with Gasteiger partial charge in [0.25, 0.3) is 0 Å². The average Bonchev–Trinajstić information content (AvgIpc) is 2.20. The lowest BCUT2D eigenvalue weighted by Crippen LogP contribution is -2.50. The van der Waals surface area contributed by atoms with Crippen molar-refractivity contribution in [2.45, 2.75) is 71.6 Å². The van der Waals surface area contributed by atoms with Gasteiger partial charge in [-0.1, -0.05) is 20.3 Å². The predicted molar refractivity (Wildman–Crippen MR) is 74.4 cm³/mol. The summed E-state index contributed by atoms with van der Waals surface area (Å²) in [7, 11) is 0. The smallest absolute Gasteiger partial charge is 0.311 e. The molecule has 0 radical (unpaired) electrons. The van der Waals surface area contributed by atoms with Crippen LogP contribution in [0.3, 0.4) is 0 Å². The van der Waals surface area contributed by atoms with Crippen molar-refractivity contribution >= 4 is 0 Å². The number of rotatable bonds is 8. The Kier molecular flexibility index (Phi) is 7.98. The third kappa shape index (κ3) is 10.2. The van der Waals surface area contributed by atoms with Crippen LogP contribution in [0.2, 0.25) is 0 Å². The standard InChI is InChI=1S/C14H29F3N2/c1-6-8-12(10-18-13(3,4)5)19(9-7-2)11-14(15,16)17/h12,18H,6-11H2,1-5H3. The number of hydrogen-bond acceptors (Lipinski definition) is 2. The van der Waals surface area contributed by atoms with Gasteiger partial charge in [0.2, 0.25) is 0 Å². The van der Waals surface area contributed by atoms with Gasteiger partial charge in [-0.25, -0.2) is 0 Å². The quantitative estimate of drug-likeness (QED) is 0.728. The summed E-state index contributed by atoms with van der Waals surface area (Å²) in [5.74, 6) is 0. The Morgan fingerprint density at radius 1 is 1.05 bits per heavy atom. The molecule has 0 spiro atoms. The first-order valence-electron chi connectivity index (χ1n) is 7.15. The molecule has 0 heterocycles. The van der Waals surface area contributed by atoms with Gasteiger partial charge in [-0.05, 0) is 40.2 Å². The lowest BCUT2D eigenvalue weighted by Gasteiger charge is -2.34. The molecule has 0 fully saturated rings. The Morgan fingerprint density at radius 3 is 2.00 bits per heavy atom. The highest BCUT2D eigenvalue weighted by atomic mass is 19.4. The van der Waals surface area contributed by atoms with Gasteiger partial charge in [0.15, 0.2) is 0 Å². The van der Waals surface area contributed by atoms with Gasteiger partial charge < -0.3 is 5.32 Å². The van der Waals surface area contributed by atoms with E-state index in [1.807, 2.05) is 34.6 Å². The molecule has 0 aromatic rings. The molecule has 0 bridgehead atoms. The predicted octanol–water partition coefficient (Wildman–Crippen LogP) is 3.82. The van der Waals surface area contributed by atoms with Gasteiger partial charge in [-0.2, -0.15) is 13.2 Å². The van der Waals surface area contributed by atoms with Gasteiger partial charge in [0.05, 0.1) is 6.54 Å². The maximum absolute atomic E-state index is 12.6. The molecular weight excluding hydrogens is 253 g/mol. The number of alkyl halides is 3. The van der Waals surface area contributed by atoms with Crippen LogP contribution >= 0.6 is 0 Å². The lowest BCUT2D eigenvalue weighted by molar-refractivity contribution is -0.151. The fourth-order valence-electron chi connectivity index (χ4n) is 2.08. The van der Waals surface area contributed by atoms with Crippen molar-refractivity contribution in [3.8, 4) is 0 Å². The molecule has 1 unspecified atom stereocenters. The second-order valence-electron chi connectivity index (χ2n) is 6.16. The Balaban J connectivity index is 4.65. The Morgan fingerprint density at radius 2 is 1.63 bits per heavy atom. The molecule has 0 saturated heterocycles. The molecule has 0 amide bonds. The van der Waals surface area contributed by atoms with Crippen LogP contribution in [0.1, 0.15) is 53.9 Å². The van der Waals surface area contributed by atoms with E-state index in [1.54, 1.807) is 4.90 Å². The van der Waals surface area contributed by atoms with Crippen molar-refractivity contribution in [3.63, 3.8) is 0 Å². The normalized spacial score (nSPS) is 15.0. The molecule has 0 aromatic carbocycles. The highest BCUT2D eigenvalue weighted by Gasteiger charge is 2.33. The maximum atomic E-state index is 12.6. The molecule has 1 N–H and O–H groups in total. The van der Waals surface area contributed by atoms with Crippen molar-refractivity contribution in [1.82, 2.24) is 10.2 Å². The monoisotopic (exact) mass is 282 g/mol. The molecule has 0 rings (SSSR count). The zero-order valence-electron chi connectivity index (χ0n) is 12.9. The first kappa shape index (κ1) is 18.7. The highest BCUT2D eigenvalue weighted by molar-refractivity contribution is 4.80. The molecule has 0 aliphatic rings. The van der Waals surface area contributed by atoms with Crippen LogP contribution in [-0.2, 0) is 0 Å². The summed E-state index contributed by atoms with van der Waals surface area (Å²) in [5.41, 5.74) is -0.0674. The molecule has 116 valence electrons. The SMILES string of the molecule is CCCC(CNC(C)(C)C)N(CCC)CC(F)(F)F. The highest BCUT2D eigenvalue weighted by Crippen LogP contribution is 2.20. The van der Waals surface area contributed by atoms with Crippen molar-refractivity contribution in [2.24, 2.45) is 0 Å². The molecule has 0 aromatic heterocycles. The van der Waals surface area contributed by atoms with E-state index in [9.17, 15) is 13.2 Å². The van der Waals surface area contributed by atoms with Crippen LogP contribution in [0.15, 0.2) is 0 Å². The van der Waals surface area contributed by atoms with Gasteiger partial charge >= 0.3 is 6.18 Å². The molecule has 0 saturated carbocycles. The second kappa shape index (κ2) is 8.10. The zero-order valence-corrected chi connectivity index (χ0v) is 12.9. The van der Waals surface area contributed by atoms with Crippen molar-refractivity contribution in [1.29, 1.82) is 0 Å². The summed E-state index contributed by atoms with van der Waals surface area (Å²) in [6.07, 6.45) is -1.69. The maximum Gasteiger partial charge on any atom is 0.401 e. The molecule has 1 atom stereocenters. The Bertz CT molecular complexity index is 234. The lowest BCUT2D eigenvalue weighted by atomic mass is 10.1. The van der Waals surface area contributed by atoms with Gasteiger partial charge in [-0.15, -0.1) is 0 Å². The van der Waals surface area contributed by atoms with E-state index in [4.69, 9.17) is 0 Å². The zero-order chi connectivity index (χ0) is 15.1. The largest absolute Gasteiger partial charge is 0.401 e. The number of nitrogens with zero attached hydrogens (tertiary/aromatic N) is 1. The third-order valence-electron chi connectivity index (χ3n) is 2.90. The van der Waals surface area contributed by atoms with Crippen LogP contribution in [0.4, 0.5) is 13.2 Å². The van der Waals surface area contributed by atoms with Gasteiger partial charge in [0.1, 0.15) is 0 Å². The number of halogens is 3. The molecule has 19 heavy (non-hydrogen) atoms. The van der Waals surface area contributed by atoms with Crippen molar-refractivity contribution in [2.75, 3.05) is 19.6 Å². The van der Waals surface area contributed by atoms with Crippen LogP contribution in [0.5, 0.6) is 0 Å². The molecule has 5 heteroatoms. The van der Waals surface area contributed by atoms with E-state index < -0.39 is 12.7 Å². The summed E-state index contributed by atoms with van der Waals surface area (Å²) in [6.45, 7) is 10.3.